The number of hydrogen-bond donors (Lipinski definition) is 1. The molecule has 0 spiro atoms. The number of nitrogens with two attached hydrogens (primary N) is 1. The summed E-state index contributed by atoms with van der Waals surface area (Å²) >= 11 is 0. The SMILES string of the molecule is CCCC.CCCCCCCC/C=C\CCCCCCCC(C)N. The smallest absolute Gasteiger partial charge is 0.00104 e. The van der Waals surface area contributed by atoms with Crippen LogP contribution in [0.4, 0.5) is 0 Å². The second kappa shape index (κ2) is 24.9. The maximum Gasteiger partial charge on any atom is 0.00104 e. The van der Waals surface area contributed by atoms with Gasteiger partial charge in [0.1, 0.15) is 0 Å². The largest absolute Gasteiger partial charge is 0.328 e. The summed E-state index contributed by atoms with van der Waals surface area (Å²) in [6, 6.07) is 0.389. The Morgan fingerprint density at radius 1 is 0.583 bits per heavy atom. The van der Waals surface area contributed by atoms with Crippen LogP contribution in [0.1, 0.15) is 130 Å². The van der Waals surface area contributed by atoms with Gasteiger partial charge in [0.15, 0.2) is 0 Å². The van der Waals surface area contributed by atoms with E-state index in [9.17, 15) is 0 Å². The molecule has 146 valence electrons. The van der Waals surface area contributed by atoms with Gasteiger partial charge in [-0.1, -0.05) is 104 Å². The summed E-state index contributed by atoms with van der Waals surface area (Å²) in [6.07, 6.45) is 26.5. The van der Waals surface area contributed by atoms with E-state index >= 15 is 0 Å². The van der Waals surface area contributed by atoms with Crippen molar-refractivity contribution >= 4 is 0 Å². The van der Waals surface area contributed by atoms with E-state index in [1.807, 2.05) is 0 Å². The first-order chi connectivity index (χ1) is 11.7. The Kier molecular flexibility index (Phi) is 27.0. The van der Waals surface area contributed by atoms with Crippen molar-refractivity contribution < 1.29 is 0 Å². The first-order valence-corrected chi connectivity index (χ1v) is 11.1. The van der Waals surface area contributed by atoms with Crippen LogP contribution in [0.15, 0.2) is 12.2 Å². The lowest BCUT2D eigenvalue weighted by Gasteiger charge is -2.03. The predicted octanol–water partition coefficient (Wildman–Crippen LogP) is 8.18. The molecule has 2 N–H and O–H groups in total. The highest BCUT2D eigenvalue weighted by molar-refractivity contribution is 4.81. The van der Waals surface area contributed by atoms with Crippen molar-refractivity contribution in [1.82, 2.24) is 0 Å². The van der Waals surface area contributed by atoms with Crippen LogP contribution in [0.3, 0.4) is 0 Å². The quantitative estimate of drug-likeness (QED) is 0.223. The van der Waals surface area contributed by atoms with Crippen molar-refractivity contribution in [2.24, 2.45) is 5.73 Å². The van der Waals surface area contributed by atoms with E-state index in [-0.39, 0.29) is 0 Å². The summed E-state index contributed by atoms with van der Waals surface area (Å²) in [7, 11) is 0. The van der Waals surface area contributed by atoms with Crippen molar-refractivity contribution in [3.63, 3.8) is 0 Å². The minimum Gasteiger partial charge on any atom is -0.328 e. The average molecular weight is 340 g/mol. The van der Waals surface area contributed by atoms with Crippen LogP contribution in [0.2, 0.25) is 0 Å². The summed E-state index contributed by atoms with van der Waals surface area (Å²) < 4.78 is 0. The summed E-state index contributed by atoms with van der Waals surface area (Å²) in [4.78, 5) is 0. The second-order valence-electron chi connectivity index (χ2n) is 7.35. The number of hydrogen-bond acceptors (Lipinski definition) is 1. The molecule has 0 aliphatic heterocycles. The Bertz CT molecular complexity index is 218. The zero-order valence-corrected chi connectivity index (χ0v) is 17.6. The first-order valence-electron chi connectivity index (χ1n) is 11.1. The lowest BCUT2D eigenvalue weighted by Crippen LogP contribution is -2.13. The van der Waals surface area contributed by atoms with E-state index in [2.05, 4.69) is 39.8 Å². The van der Waals surface area contributed by atoms with Crippen molar-refractivity contribution in [3.05, 3.63) is 12.2 Å². The average Bonchev–Trinajstić information content (AvgIpc) is 2.58. The Labute approximate surface area is 154 Å². The fourth-order valence-corrected chi connectivity index (χ4v) is 2.54. The highest BCUT2D eigenvalue weighted by Gasteiger charge is 1.94. The minimum absolute atomic E-state index is 0.389. The molecule has 0 aliphatic carbocycles. The van der Waals surface area contributed by atoms with Crippen molar-refractivity contribution in [3.8, 4) is 0 Å². The fraction of sp³-hybridized carbons (Fsp3) is 0.913. The third-order valence-electron chi connectivity index (χ3n) is 4.42. The Balaban J connectivity index is 0. The highest BCUT2D eigenvalue weighted by Crippen LogP contribution is 2.10. The number of unbranched alkanes of at least 4 members (excludes halogenated alkanes) is 12. The van der Waals surface area contributed by atoms with Gasteiger partial charge in [-0.3, -0.25) is 0 Å². The standard InChI is InChI=1S/C19H39N.C4H10/c1-3-4-5-6-7-8-9-10-11-12-13-14-15-16-17-18-19(2)20;1-3-4-2/h10-11,19H,3-9,12-18,20H2,1-2H3;3-4H2,1-2H3/b11-10-;. The predicted molar refractivity (Wildman–Crippen MR) is 114 cm³/mol. The van der Waals surface area contributed by atoms with Crippen molar-refractivity contribution in [2.45, 2.75) is 136 Å². The molecule has 0 saturated heterocycles. The molecule has 0 aliphatic rings. The maximum absolute atomic E-state index is 5.74. The van der Waals surface area contributed by atoms with Gasteiger partial charge in [0, 0.05) is 6.04 Å². The summed E-state index contributed by atoms with van der Waals surface area (Å²) in [6.45, 7) is 8.75. The third-order valence-corrected chi connectivity index (χ3v) is 4.42. The van der Waals surface area contributed by atoms with Gasteiger partial charge in [0.2, 0.25) is 0 Å². The molecule has 0 heterocycles. The molecule has 0 bridgehead atoms. The van der Waals surface area contributed by atoms with E-state index in [0.29, 0.717) is 6.04 Å². The Morgan fingerprint density at radius 3 is 1.42 bits per heavy atom. The van der Waals surface area contributed by atoms with Gasteiger partial charge in [-0.2, -0.15) is 0 Å². The molecule has 0 aromatic rings. The molecule has 1 heteroatoms. The summed E-state index contributed by atoms with van der Waals surface area (Å²) in [5, 5.41) is 0. The summed E-state index contributed by atoms with van der Waals surface area (Å²) in [5.41, 5.74) is 5.74. The van der Waals surface area contributed by atoms with E-state index < -0.39 is 0 Å². The van der Waals surface area contributed by atoms with Gasteiger partial charge in [-0.15, -0.1) is 0 Å². The van der Waals surface area contributed by atoms with E-state index in [1.165, 1.54) is 103 Å². The van der Waals surface area contributed by atoms with Crippen LogP contribution in [-0.4, -0.2) is 6.04 Å². The molecular formula is C23H49N. The number of allylic oxidation sites excluding steroid dienone is 2. The second-order valence-corrected chi connectivity index (χ2v) is 7.35. The molecule has 0 saturated carbocycles. The molecule has 0 rings (SSSR count). The molecule has 0 radical (unpaired) electrons. The van der Waals surface area contributed by atoms with Crippen LogP contribution in [-0.2, 0) is 0 Å². The molecule has 0 amide bonds. The molecule has 0 aromatic heterocycles. The van der Waals surface area contributed by atoms with Crippen LogP contribution >= 0.6 is 0 Å². The van der Waals surface area contributed by atoms with Crippen LogP contribution in [0.5, 0.6) is 0 Å². The first kappa shape index (κ1) is 25.9. The van der Waals surface area contributed by atoms with Crippen molar-refractivity contribution in [1.29, 1.82) is 0 Å². The van der Waals surface area contributed by atoms with Crippen molar-refractivity contribution in [2.75, 3.05) is 0 Å². The van der Waals surface area contributed by atoms with Crippen LogP contribution < -0.4 is 5.73 Å². The summed E-state index contributed by atoms with van der Waals surface area (Å²) in [5.74, 6) is 0. The van der Waals surface area contributed by atoms with Gasteiger partial charge in [0.25, 0.3) is 0 Å². The zero-order chi connectivity index (χ0) is 18.3. The maximum atomic E-state index is 5.74. The van der Waals surface area contributed by atoms with Gasteiger partial charge in [-0.05, 0) is 39.0 Å². The van der Waals surface area contributed by atoms with E-state index in [4.69, 9.17) is 5.73 Å². The van der Waals surface area contributed by atoms with Gasteiger partial charge >= 0.3 is 0 Å². The fourth-order valence-electron chi connectivity index (χ4n) is 2.54. The van der Waals surface area contributed by atoms with Crippen LogP contribution in [0.25, 0.3) is 0 Å². The monoisotopic (exact) mass is 339 g/mol. The van der Waals surface area contributed by atoms with Gasteiger partial charge < -0.3 is 5.73 Å². The molecule has 1 unspecified atom stereocenters. The third kappa shape index (κ3) is 29.7. The lowest BCUT2D eigenvalue weighted by atomic mass is 10.1. The molecule has 1 nitrogen and oxygen atoms in total. The topological polar surface area (TPSA) is 26.0 Å². The highest BCUT2D eigenvalue weighted by atomic mass is 14.6. The van der Waals surface area contributed by atoms with Gasteiger partial charge in [-0.25, -0.2) is 0 Å². The van der Waals surface area contributed by atoms with E-state index in [1.54, 1.807) is 0 Å². The molecule has 0 aromatic carbocycles. The van der Waals surface area contributed by atoms with E-state index in [0.717, 1.165) is 0 Å². The lowest BCUT2D eigenvalue weighted by molar-refractivity contribution is 0.557. The molecular weight excluding hydrogens is 290 g/mol. The minimum atomic E-state index is 0.389. The zero-order valence-electron chi connectivity index (χ0n) is 17.6. The van der Waals surface area contributed by atoms with Crippen LogP contribution in [0, 0.1) is 0 Å². The Morgan fingerprint density at radius 2 is 1.00 bits per heavy atom. The molecule has 0 fully saturated rings. The normalized spacial score (nSPS) is 12.2. The molecule has 1 atom stereocenters. The Hall–Kier alpha value is -0.300. The molecule has 24 heavy (non-hydrogen) atoms. The number of rotatable bonds is 16. The van der Waals surface area contributed by atoms with Gasteiger partial charge in [0.05, 0.1) is 0 Å².